The molecule has 2 amide bonds. The average molecular weight is 376 g/mol. The van der Waals surface area contributed by atoms with Gasteiger partial charge in [-0.25, -0.2) is 9.59 Å². The molecule has 4 saturated carbocycles. The summed E-state index contributed by atoms with van der Waals surface area (Å²) in [7, 11) is 0. The lowest BCUT2D eigenvalue weighted by atomic mass is 9.52. The van der Waals surface area contributed by atoms with Crippen molar-refractivity contribution in [2.45, 2.75) is 52.0 Å². The molecule has 0 spiro atoms. The zero-order valence-corrected chi connectivity index (χ0v) is 16.0. The quantitative estimate of drug-likeness (QED) is 0.717. The lowest BCUT2D eigenvalue weighted by Crippen LogP contribution is -2.51. The second-order valence-electron chi connectivity index (χ2n) is 8.50. The Labute approximate surface area is 159 Å². The van der Waals surface area contributed by atoms with Gasteiger partial charge in [-0.1, -0.05) is 0 Å². The summed E-state index contributed by atoms with van der Waals surface area (Å²) in [4.78, 5) is 36.9. The maximum absolute atomic E-state index is 12.9. The van der Waals surface area contributed by atoms with Gasteiger partial charge in [-0.2, -0.15) is 0 Å². The fourth-order valence-electron chi connectivity index (χ4n) is 5.94. The summed E-state index contributed by atoms with van der Waals surface area (Å²) in [5.41, 5.74) is 0.635. The highest BCUT2D eigenvalue weighted by molar-refractivity contribution is 5.94. The molecule has 1 aliphatic heterocycles. The minimum absolute atomic E-state index is 0.0284. The molecule has 0 aromatic heterocycles. The molecule has 1 heterocycles. The van der Waals surface area contributed by atoms with E-state index in [0.717, 1.165) is 37.5 Å². The van der Waals surface area contributed by atoms with Gasteiger partial charge in [-0.3, -0.25) is 4.79 Å². The Morgan fingerprint density at radius 1 is 1.04 bits per heavy atom. The van der Waals surface area contributed by atoms with Gasteiger partial charge in [0.15, 0.2) is 0 Å². The summed E-state index contributed by atoms with van der Waals surface area (Å²) in [5.74, 6) is 1.75. The van der Waals surface area contributed by atoms with Crippen LogP contribution in [0.15, 0.2) is 11.3 Å². The van der Waals surface area contributed by atoms with Gasteiger partial charge in [-0.05, 0) is 69.6 Å². The normalized spacial score (nSPS) is 36.9. The first-order valence-corrected chi connectivity index (χ1v) is 10.1. The number of nitrogens with one attached hydrogen (secondary N) is 2. The van der Waals surface area contributed by atoms with E-state index in [4.69, 9.17) is 9.47 Å². The third-order valence-corrected chi connectivity index (χ3v) is 6.72. The van der Waals surface area contributed by atoms with Gasteiger partial charge in [0.1, 0.15) is 6.61 Å². The van der Waals surface area contributed by atoms with E-state index in [0.29, 0.717) is 23.1 Å². The van der Waals surface area contributed by atoms with E-state index >= 15 is 0 Å². The standard InChI is InChI=1S/C20H28N2O5/c1-3-26-18(23)16-10(2)21-20(25)22-15(16)9-27-19(24)17-13-5-11-4-12(7-13)8-14(17)6-11/h10-14,17H,3-9H2,1-2H3,(H2,21,22,25). The number of carbonyl (C=O) groups excluding carboxylic acids is 3. The van der Waals surface area contributed by atoms with Crippen molar-refractivity contribution in [2.75, 3.05) is 13.2 Å². The van der Waals surface area contributed by atoms with E-state index in [1.54, 1.807) is 13.8 Å². The Hall–Kier alpha value is -2.05. The van der Waals surface area contributed by atoms with Crippen molar-refractivity contribution in [3.05, 3.63) is 11.3 Å². The fourth-order valence-corrected chi connectivity index (χ4v) is 5.94. The molecule has 0 radical (unpaired) electrons. The van der Waals surface area contributed by atoms with Crippen molar-refractivity contribution >= 4 is 18.0 Å². The number of amides is 2. The molecule has 4 fully saturated rings. The molecule has 4 aliphatic carbocycles. The number of rotatable bonds is 5. The van der Waals surface area contributed by atoms with Crippen LogP contribution in [0.2, 0.25) is 0 Å². The molecular weight excluding hydrogens is 348 g/mol. The smallest absolute Gasteiger partial charge is 0.338 e. The van der Waals surface area contributed by atoms with Crippen molar-refractivity contribution < 1.29 is 23.9 Å². The van der Waals surface area contributed by atoms with E-state index in [-0.39, 0.29) is 25.1 Å². The highest BCUT2D eigenvalue weighted by atomic mass is 16.5. The maximum Gasteiger partial charge on any atom is 0.338 e. The van der Waals surface area contributed by atoms with Crippen molar-refractivity contribution in [1.29, 1.82) is 0 Å². The molecule has 7 heteroatoms. The number of esters is 2. The van der Waals surface area contributed by atoms with Crippen LogP contribution in [0, 0.1) is 29.6 Å². The minimum Gasteiger partial charge on any atom is -0.463 e. The number of ether oxygens (including phenoxy) is 2. The Morgan fingerprint density at radius 2 is 1.67 bits per heavy atom. The lowest BCUT2D eigenvalue weighted by Gasteiger charge is -2.53. The van der Waals surface area contributed by atoms with Crippen LogP contribution in [0.1, 0.15) is 46.0 Å². The van der Waals surface area contributed by atoms with E-state index < -0.39 is 18.0 Å². The molecule has 148 valence electrons. The molecule has 5 aliphatic rings. The largest absolute Gasteiger partial charge is 0.463 e. The van der Waals surface area contributed by atoms with Gasteiger partial charge in [0.25, 0.3) is 0 Å². The summed E-state index contributed by atoms with van der Waals surface area (Å²) < 4.78 is 10.7. The highest BCUT2D eigenvalue weighted by Gasteiger charge is 2.51. The first kappa shape index (κ1) is 18.3. The molecule has 4 bridgehead atoms. The van der Waals surface area contributed by atoms with Gasteiger partial charge >= 0.3 is 18.0 Å². The molecule has 2 N–H and O–H groups in total. The summed E-state index contributed by atoms with van der Waals surface area (Å²) in [6, 6.07) is -0.899. The molecule has 7 nitrogen and oxygen atoms in total. The van der Waals surface area contributed by atoms with Crippen LogP contribution in [-0.4, -0.2) is 37.2 Å². The molecule has 1 unspecified atom stereocenters. The molecule has 0 aromatic carbocycles. The summed E-state index contributed by atoms with van der Waals surface area (Å²) in [5, 5.41) is 5.25. The average Bonchev–Trinajstić information content (AvgIpc) is 2.58. The zero-order chi connectivity index (χ0) is 19.1. The molecule has 0 aromatic rings. The number of hydrogen-bond acceptors (Lipinski definition) is 5. The van der Waals surface area contributed by atoms with E-state index in [2.05, 4.69) is 10.6 Å². The first-order valence-electron chi connectivity index (χ1n) is 10.1. The molecule has 27 heavy (non-hydrogen) atoms. The SMILES string of the molecule is CCOC(=O)C1=C(COC(=O)C2C3CC4CC(C3)CC2C4)NC(=O)NC1C. The van der Waals surface area contributed by atoms with E-state index in [9.17, 15) is 14.4 Å². The minimum atomic E-state index is -0.502. The predicted octanol–water partition coefficient (Wildman–Crippen LogP) is 2.12. The second-order valence-corrected chi connectivity index (χ2v) is 8.50. The van der Waals surface area contributed by atoms with Crippen LogP contribution in [0.5, 0.6) is 0 Å². The Balaban J connectivity index is 1.46. The number of carbonyl (C=O) groups is 3. The van der Waals surface area contributed by atoms with Crippen molar-refractivity contribution in [1.82, 2.24) is 10.6 Å². The number of hydrogen-bond donors (Lipinski definition) is 2. The van der Waals surface area contributed by atoms with Gasteiger partial charge in [0, 0.05) is 0 Å². The van der Waals surface area contributed by atoms with Crippen molar-refractivity contribution in [2.24, 2.45) is 29.6 Å². The number of urea groups is 1. The van der Waals surface area contributed by atoms with E-state index in [1.165, 1.54) is 6.42 Å². The first-order chi connectivity index (χ1) is 13.0. The lowest BCUT2D eigenvalue weighted by molar-refractivity contribution is -0.161. The van der Waals surface area contributed by atoms with Crippen LogP contribution >= 0.6 is 0 Å². The summed E-state index contributed by atoms with van der Waals surface area (Å²) >= 11 is 0. The zero-order valence-electron chi connectivity index (χ0n) is 16.0. The molecule has 5 rings (SSSR count). The van der Waals surface area contributed by atoms with Crippen molar-refractivity contribution in [3.63, 3.8) is 0 Å². The monoisotopic (exact) mass is 376 g/mol. The van der Waals surface area contributed by atoms with Crippen LogP contribution in [-0.2, 0) is 19.1 Å². The van der Waals surface area contributed by atoms with Crippen LogP contribution < -0.4 is 10.6 Å². The third kappa shape index (κ3) is 3.44. The molecular formula is C20H28N2O5. The van der Waals surface area contributed by atoms with Crippen LogP contribution in [0.3, 0.4) is 0 Å². The third-order valence-electron chi connectivity index (χ3n) is 6.72. The van der Waals surface area contributed by atoms with Gasteiger partial charge < -0.3 is 20.1 Å². The van der Waals surface area contributed by atoms with Crippen LogP contribution in [0.25, 0.3) is 0 Å². The van der Waals surface area contributed by atoms with Crippen LogP contribution in [0.4, 0.5) is 4.79 Å². The maximum atomic E-state index is 12.9. The van der Waals surface area contributed by atoms with E-state index in [1.807, 2.05) is 0 Å². The Kier molecular flexibility index (Phi) is 4.86. The molecule has 0 saturated heterocycles. The Bertz CT molecular complexity index is 658. The fraction of sp³-hybridized carbons (Fsp3) is 0.750. The predicted molar refractivity (Wildman–Crippen MR) is 96.3 cm³/mol. The van der Waals surface area contributed by atoms with Crippen molar-refractivity contribution in [3.8, 4) is 0 Å². The summed E-state index contributed by atoms with van der Waals surface area (Å²) in [6.07, 6.45) is 5.90. The van der Waals surface area contributed by atoms with Gasteiger partial charge in [-0.15, -0.1) is 0 Å². The molecule has 1 atom stereocenters. The van der Waals surface area contributed by atoms with Gasteiger partial charge in [0.2, 0.25) is 0 Å². The second kappa shape index (κ2) is 7.17. The van der Waals surface area contributed by atoms with Gasteiger partial charge in [0.05, 0.1) is 29.8 Å². The highest BCUT2D eigenvalue weighted by Crippen LogP contribution is 2.56. The topological polar surface area (TPSA) is 93.7 Å². The summed E-state index contributed by atoms with van der Waals surface area (Å²) in [6.45, 7) is 3.58. The Morgan fingerprint density at radius 3 is 2.26 bits per heavy atom.